The number of pyridine rings is 1. The first kappa shape index (κ1) is 24.3. The molecule has 0 bridgehead atoms. The number of hydrogen-bond donors (Lipinski definition) is 1. The van der Waals surface area contributed by atoms with Crippen LogP contribution in [-0.2, 0) is 13.1 Å². The lowest BCUT2D eigenvalue weighted by atomic mass is 9.93. The third-order valence-corrected chi connectivity index (χ3v) is 8.38. The third kappa shape index (κ3) is 5.31. The summed E-state index contributed by atoms with van der Waals surface area (Å²) >= 11 is 1.93. The van der Waals surface area contributed by atoms with Crippen LogP contribution in [0.5, 0.6) is 0 Å². The van der Waals surface area contributed by atoms with Gasteiger partial charge in [0, 0.05) is 47.8 Å². The van der Waals surface area contributed by atoms with E-state index in [0.717, 1.165) is 45.4 Å². The average molecular weight is 518 g/mol. The van der Waals surface area contributed by atoms with Crippen LogP contribution in [0.2, 0.25) is 0 Å². The highest BCUT2D eigenvalue weighted by Crippen LogP contribution is 2.38. The van der Waals surface area contributed by atoms with Crippen LogP contribution in [-0.4, -0.2) is 18.0 Å². The van der Waals surface area contributed by atoms with Crippen molar-refractivity contribution in [3.63, 3.8) is 0 Å². The van der Waals surface area contributed by atoms with Gasteiger partial charge in [0.15, 0.2) is 31.6 Å². The molecule has 188 valence electrons. The molecule has 0 radical (unpaired) electrons. The summed E-state index contributed by atoms with van der Waals surface area (Å²) in [5, 5.41) is 4.83. The molecule has 4 nitrogen and oxygen atoms in total. The third-order valence-electron chi connectivity index (χ3n) is 7.16. The zero-order chi connectivity index (χ0) is 25.6. The van der Waals surface area contributed by atoms with Crippen LogP contribution in [0.15, 0.2) is 110 Å². The molecule has 2 aromatic carbocycles. The van der Waals surface area contributed by atoms with Crippen LogP contribution in [0.4, 0.5) is 5.69 Å². The first-order valence-corrected chi connectivity index (χ1v) is 14.3. The van der Waals surface area contributed by atoms with Crippen molar-refractivity contribution < 1.29 is 9.13 Å². The van der Waals surface area contributed by atoms with Crippen molar-refractivity contribution in [3.8, 4) is 0 Å². The number of aryl methyl sites for hydroxylation is 2. The van der Waals surface area contributed by atoms with E-state index in [1.54, 1.807) is 0 Å². The fourth-order valence-electron chi connectivity index (χ4n) is 5.32. The van der Waals surface area contributed by atoms with E-state index in [0.29, 0.717) is 0 Å². The van der Waals surface area contributed by atoms with Gasteiger partial charge in [0.2, 0.25) is 5.52 Å². The number of rotatable bonds is 9. The summed E-state index contributed by atoms with van der Waals surface area (Å²) in [6, 6.07) is 23.8. The van der Waals surface area contributed by atoms with Gasteiger partial charge in [0.1, 0.15) is 23.5 Å². The molecule has 5 heteroatoms. The largest absolute Gasteiger partial charge is 0.361 e. The fraction of sp³-hybridized carbons (Fsp3) is 0.212. The maximum atomic E-state index is 3.45. The first-order valence-electron chi connectivity index (χ1n) is 13.5. The molecule has 4 heterocycles. The van der Waals surface area contributed by atoms with Crippen molar-refractivity contribution in [2.75, 3.05) is 18.4 Å². The Kier molecular flexibility index (Phi) is 7.39. The van der Waals surface area contributed by atoms with Crippen molar-refractivity contribution in [3.05, 3.63) is 126 Å². The fourth-order valence-corrected chi connectivity index (χ4v) is 6.59. The predicted octanol–water partition coefficient (Wildman–Crippen LogP) is 6.39. The van der Waals surface area contributed by atoms with E-state index in [-0.39, 0.29) is 0 Å². The molecule has 0 aliphatic carbocycles. The van der Waals surface area contributed by atoms with Crippen LogP contribution in [0.3, 0.4) is 0 Å². The molecule has 2 aromatic heterocycles. The molecule has 4 aromatic rings. The Labute approximate surface area is 229 Å². The number of thiazole rings is 1. The van der Waals surface area contributed by atoms with Crippen LogP contribution in [0.25, 0.3) is 21.4 Å². The summed E-state index contributed by atoms with van der Waals surface area (Å²) in [6.07, 6.45) is 21.4. The minimum Gasteiger partial charge on any atom is -0.361 e. The number of nitrogens with zero attached hydrogens (tertiary/aromatic N) is 3. The van der Waals surface area contributed by atoms with Gasteiger partial charge in [0.05, 0.1) is 12.5 Å². The Balaban J connectivity index is 1.38. The monoisotopic (exact) mass is 517 g/mol. The number of benzene rings is 2. The lowest BCUT2D eigenvalue weighted by Crippen LogP contribution is -2.40. The number of hydrogen-bond acceptors (Lipinski definition) is 3. The minimum atomic E-state index is 0.964. The molecule has 38 heavy (non-hydrogen) atoms. The van der Waals surface area contributed by atoms with E-state index in [1.807, 2.05) is 17.4 Å². The van der Waals surface area contributed by atoms with Gasteiger partial charge in [-0.2, -0.15) is 4.57 Å². The standard InChI is InChI=1S/C33H32N4S/c1-7-20-35(21-8-1)24-11-14-29(27-18-19-34-30-15-4-3-13-28(27)30)33-37(31-16-5-6-17-32(31)38-33)26-12-25-36-22-9-2-10-23-36/h1-7,9-10,13,15-19,21-23H,11-12,14,20,24-26H2/q+2/p+1. The van der Waals surface area contributed by atoms with Crippen LogP contribution in [0.1, 0.15) is 29.8 Å². The SMILES string of the molecule is [C+]1=CN(CCCC(=C2C=CNc3ccccc32)c2sc3ccccc3[n+]2CCC[n+]2ccccc2)CC=C1. The second kappa shape index (κ2) is 11.6. The minimum absolute atomic E-state index is 0.964. The smallest absolute Gasteiger partial charge is 0.266 e. The molecule has 0 amide bonds. The summed E-state index contributed by atoms with van der Waals surface area (Å²) in [7, 11) is 0. The van der Waals surface area contributed by atoms with Gasteiger partial charge >= 0.3 is 0 Å². The van der Waals surface area contributed by atoms with E-state index in [2.05, 4.69) is 129 Å². The quantitative estimate of drug-likeness (QED) is 0.206. The van der Waals surface area contributed by atoms with Crippen molar-refractivity contribution in [1.82, 2.24) is 4.90 Å². The van der Waals surface area contributed by atoms with Crippen LogP contribution >= 0.6 is 11.3 Å². The highest BCUT2D eigenvalue weighted by molar-refractivity contribution is 7.19. The molecule has 0 spiro atoms. The number of fused-ring (bicyclic) bond motifs is 2. The summed E-state index contributed by atoms with van der Waals surface area (Å²) < 4.78 is 6.19. The van der Waals surface area contributed by atoms with Crippen molar-refractivity contribution in [2.45, 2.75) is 32.4 Å². The van der Waals surface area contributed by atoms with Gasteiger partial charge < -0.3 is 10.2 Å². The van der Waals surface area contributed by atoms with Crippen molar-refractivity contribution in [2.24, 2.45) is 0 Å². The van der Waals surface area contributed by atoms with E-state index in [9.17, 15) is 0 Å². The number of anilines is 1. The molecule has 2 aliphatic heterocycles. The second-order valence-electron chi connectivity index (χ2n) is 9.71. The molecule has 0 fully saturated rings. The zero-order valence-electron chi connectivity index (χ0n) is 21.6. The van der Waals surface area contributed by atoms with Gasteiger partial charge in [-0.1, -0.05) is 47.7 Å². The summed E-state index contributed by atoms with van der Waals surface area (Å²) in [6.45, 7) is 3.97. The molecular weight excluding hydrogens is 484 g/mol. The Bertz CT molecular complexity index is 1530. The second-order valence-corrected chi connectivity index (χ2v) is 10.7. The Morgan fingerprint density at radius 1 is 0.947 bits per heavy atom. The van der Waals surface area contributed by atoms with Gasteiger partial charge in [0.25, 0.3) is 5.01 Å². The van der Waals surface area contributed by atoms with E-state index in [4.69, 9.17) is 0 Å². The Morgan fingerprint density at radius 3 is 2.71 bits per heavy atom. The summed E-state index contributed by atoms with van der Waals surface area (Å²) in [4.78, 5) is 2.35. The lowest BCUT2D eigenvalue weighted by molar-refractivity contribution is -0.716. The molecular formula is C33H33N4S+3. The zero-order valence-corrected chi connectivity index (χ0v) is 22.4. The molecule has 0 saturated heterocycles. The highest BCUT2D eigenvalue weighted by atomic mass is 32.1. The lowest BCUT2D eigenvalue weighted by Gasteiger charge is -2.19. The molecule has 0 unspecified atom stereocenters. The van der Waals surface area contributed by atoms with Crippen molar-refractivity contribution >= 4 is 38.4 Å². The topological polar surface area (TPSA) is 23.0 Å². The summed E-state index contributed by atoms with van der Waals surface area (Å²) in [5.41, 5.74) is 6.55. The molecule has 6 rings (SSSR count). The molecule has 0 saturated carbocycles. The molecule has 2 aliphatic rings. The van der Waals surface area contributed by atoms with Crippen LogP contribution in [0, 0.1) is 6.08 Å². The van der Waals surface area contributed by atoms with E-state index < -0.39 is 0 Å². The first-order chi connectivity index (χ1) is 18.9. The maximum absolute atomic E-state index is 3.45. The Hall–Kier alpha value is -4.05. The van der Waals surface area contributed by atoms with Crippen LogP contribution < -0.4 is 14.5 Å². The number of allylic oxidation sites excluding steroid dienone is 5. The Morgan fingerprint density at radius 2 is 1.82 bits per heavy atom. The van der Waals surface area contributed by atoms with Gasteiger partial charge in [-0.05, 0) is 36.6 Å². The van der Waals surface area contributed by atoms with Crippen molar-refractivity contribution in [1.29, 1.82) is 0 Å². The number of nitrogens with one attached hydrogen (secondary N) is 1. The van der Waals surface area contributed by atoms with Gasteiger partial charge in [-0.15, -0.1) is 0 Å². The normalized spacial score (nSPS) is 15.3. The summed E-state index contributed by atoms with van der Waals surface area (Å²) in [5.74, 6) is 0. The van der Waals surface area contributed by atoms with Gasteiger partial charge in [-0.3, -0.25) is 0 Å². The average Bonchev–Trinajstić information content (AvgIpc) is 3.34. The number of aromatic nitrogens is 2. The molecule has 0 atom stereocenters. The number of para-hydroxylation sites is 2. The molecule has 1 N–H and O–H groups in total. The maximum Gasteiger partial charge on any atom is 0.266 e. The van der Waals surface area contributed by atoms with Gasteiger partial charge in [-0.25, -0.2) is 4.57 Å². The van der Waals surface area contributed by atoms with E-state index >= 15 is 0 Å². The van der Waals surface area contributed by atoms with E-state index in [1.165, 1.54) is 37.6 Å². The highest BCUT2D eigenvalue weighted by Gasteiger charge is 2.27. The predicted molar refractivity (Wildman–Crippen MR) is 157 cm³/mol.